The van der Waals surface area contributed by atoms with Gasteiger partial charge in [0, 0.05) is 24.7 Å². The minimum Gasteiger partial charge on any atom is -0.378 e. The molecule has 0 amide bonds. The molecule has 1 heterocycles. The maximum Gasteiger partial charge on any atom is 0.0645 e. The Hall–Kier alpha value is -0.900. The van der Waals surface area contributed by atoms with Crippen molar-refractivity contribution < 1.29 is 4.74 Å². The van der Waals surface area contributed by atoms with E-state index in [1.165, 1.54) is 5.56 Å². The monoisotopic (exact) mass is 290 g/mol. The molecule has 0 radical (unpaired) electrons. The van der Waals surface area contributed by atoms with Crippen molar-refractivity contribution >= 4 is 0 Å². The van der Waals surface area contributed by atoms with Gasteiger partial charge in [0.15, 0.2) is 0 Å². The third kappa shape index (κ3) is 4.29. The minimum absolute atomic E-state index is 0.139. The molecule has 3 nitrogen and oxygen atoms in total. The fourth-order valence-electron chi connectivity index (χ4n) is 3.21. The molecule has 2 atom stereocenters. The van der Waals surface area contributed by atoms with Gasteiger partial charge in [0.1, 0.15) is 0 Å². The van der Waals surface area contributed by atoms with E-state index in [0.717, 1.165) is 32.8 Å². The van der Waals surface area contributed by atoms with Crippen LogP contribution in [0.1, 0.15) is 39.3 Å². The average Bonchev–Trinajstić information content (AvgIpc) is 2.47. The maximum atomic E-state index is 5.63. The molecule has 1 fully saturated rings. The zero-order chi connectivity index (χ0) is 15.3. The molecular formula is C18H30N2O. The molecule has 0 spiro atoms. The summed E-state index contributed by atoms with van der Waals surface area (Å²) in [5.41, 5.74) is 1.53. The smallest absolute Gasteiger partial charge is 0.0645 e. The molecule has 3 heteroatoms. The molecule has 2 unspecified atom stereocenters. The number of ether oxygens (including phenoxy) is 1. The topological polar surface area (TPSA) is 24.5 Å². The average molecular weight is 290 g/mol. The summed E-state index contributed by atoms with van der Waals surface area (Å²) in [6.07, 6.45) is 0. The number of benzene rings is 1. The summed E-state index contributed by atoms with van der Waals surface area (Å²) in [6, 6.07) is 11.2. The van der Waals surface area contributed by atoms with Crippen molar-refractivity contribution in [2.24, 2.45) is 5.92 Å². The van der Waals surface area contributed by atoms with Crippen molar-refractivity contribution in [3.63, 3.8) is 0 Å². The molecule has 0 saturated carbocycles. The van der Waals surface area contributed by atoms with Gasteiger partial charge in [-0.1, -0.05) is 44.2 Å². The molecule has 118 valence electrons. The molecule has 1 aromatic rings. The van der Waals surface area contributed by atoms with E-state index in [2.05, 4.69) is 68.2 Å². The van der Waals surface area contributed by atoms with Gasteiger partial charge in [0.25, 0.3) is 0 Å². The van der Waals surface area contributed by atoms with Crippen LogP contribution >= 0.6 is 0 Å². The zero-order valence-electron chi connectivity index (χ0n) is 13.9. The lowest BCUT2D eigenvalue weighted by molar-refractivity contribution is -0.0581. The molecule has 0 aliphatic carbocycles. The lowest BCUT2D eigenvalue weighted by atomic mass is 9.91. The summed E-state index contributed by atoms with van der Waals surface area (Å²) in [6.45, 7) is 13.9. The Bertz CT molecular complexity index is 418. The molecular weight excluding hydrogens is 260 g/mol. The molecule has 1 saturated heterocycles. The Morgan fingerprint density at radius 3 is 2.62 bits per heavy atom. The Balaban J connectivity index is 2.06. The Labute approximate surface area is 129 Å². The highest BCUT2D eigenvalue weighted by atomic mass is 16.5. The predicted octanol–water partition coefficient (Wildman–Crippen LogP) is 3.08. The Morgan fingerprint density at radius 2 is 2.00 bits per heavy atom. The van der Waals surface area contributed by atoms with E-state index in [1.807, 2.05) is 0 Å². The predicted molar refractivity (Wildman–Crippen MR) is 88.5 cm³/mol. The van der Waals surface area contributed by atoms with Gasteiger partial charge in [-0.2, -0.15) is 0 Å². The number of hydrogen-bond donors (Lipinski definition) is 1. The summed E-state index contributed by atoms with van der Waals surface area (Å²) in [5, 5.41) is 3.66. The van der Waals surface area contributed by atoms with Gasteiger partial charge in [-0.15, -0.1) is 0 Å². The highest BCUT2D eigenvalue weighted by molar-refractivity contribution is 5.19. The second-order valence-corrected chi connectivity index (χ2v) is 6.73. The Kier molecular flexibility index (Phi) is 5.80. The van der Waals surface area contributed by atoms with Crippen molar-refractivity contribution in [2.45, 2.75) is 39.3 Å². The van der Waals surface area contributed by atoms with Gasteiger partial charge < -0.3 is 10.1 Å². The van der Waals surface area contributed by atoms with Gasteiger partial charge in [0.05, 0.1) is 13.2 Å². The van der Waals surface area contributed by atoms with Crippen LogP contribution in [0, 0.1) is 5.92 Å². The van der Waals surface area contributed by atoms with E-state index in [9.17, 15) is 0 Å². The molecule has 1 aromatic carbocycles. The van der Waals surface area contributed by atoms with Crippen molar-refractivity contribution in [2.75, 3.05) is 32.8 Å². The summed E-state index contributed by atoms with van der Waals surface area (Å²) < 4.78 is 5.63. The van der Waals surface area contributed by atoms with E-state index in [0.29, 0.717) is 12.0 Å². The second kappa shape index (κ2) is 7.39. The quantitative estimate of drug-likeness (QED) is 0.871. The van der Waals surface area contributed by atoms with Crippen molar-refractivity contribution in [3.05, 3.63) is 35.9 Å². The van der Waals surface area contributed by atoms with Crippen LogP contribution in [0.3, 0.4) is 0 Å². The first-order valence-electron chi connectivity index (χ1n) is 8.15. The van der Waals surface area contributed by atoms with Crippen LogP contribution in [0.4, 0.5) is 0 Å². The van der Waals surface area contributed by atoms with Crippen LogP contribution < -0.4 is 5.32 Å². The summed E-state index contributed by atoms with van der Waals surface area (Å²) in [5.74, 6) is 0.560. The third-order valence-electron chi connectivity index (χ3n) is 4.48. The molecule has 1 aliphatic rings. The van der Waals surface area contributed by atoms with Crippen molar-refractivity contribution in [3.8, 4) is 0 Å². The van der Waals surface area contributed by atoms with Gasteiger partial charge in [-0.3, -0.25) is 4.90 Å². The molecule has 0 bridgehead atoms. The molecule has 1 aliphatic heterocycles. The van der Waals surface area contributed by atoms with E-state index in [1.54, 1.807) is 0 Å². The fourth-order valence-corrected chi connectivity index (χ4v) is 3.21. The first-order valence-corrected chi connectivity index (χ1v) is 8.15. The Morgan fingerprint density at radius 1 is 1.29 bits per heavy atom. The first kappa shape index (κ1) is 16.5. The van der Waals surface area contributed by atoms with Crippen LogP contribution in [0.5, 0.6) is 0 Å². The van der Waals surface area contributed by atoms with E-state index >= 15 is 0 Å². The SMILES string of the molecule is CCNC(c1ccccc1)C(C)CN1CCOCC1(C)C. The fraction of sp³-hybridized carbons (Fsp3) is 0.667. The highest BCUT2D eigenvalue weighted by Gasteiger charge is 2.32. The second-order valence-electron chi connectivity index (χ2n) is 6.73. The lowest BCUT2D eigenvalue weighted by Gasteiger charge is -2.44. The summed E-state index contributed by atoms with van der Waals surface area (Å²) in [4.78, 5) is 2.58. The van der Waals surface area contributed by atoms with Gasteiger partial charge in [-0.25, -0.2) is 0 Å². The standard InChI is InChI=1S/C18H30N2O/c1-5-19-17(16-9-7-6-8-10-16)15(2)13-20-11-12-21-14-18(20,3)4/h6-10,15,17,19H,5,11-14H2,1-4H3. The zero-order valence-corrected chi connectivity index (χ0v) is 13.9. The first-order chi connectivity index (χ1) is 10.0. The number of morpholine rings is 1. The van der Waals surface area contributed by atoms with Crippen LogP contribution in [0.15, 0.2) is 30.3 Å². The van der Waals surface area contributed by atoms with Gasteiger partial charge >= 0.3 is 0 Å². The van der Waals surface area contributed by atoms with Gasteiger partial charge in [-0.05, 0) is 31.9 Å². The summed E-state index contributed by atoms with van der Waals surface area (Å²) >= 11 is 0. The van der Waals surface area contributed by atoms with E-state index in [4.69, 9.17) is 4.74 Å². The van der Waals surface area contributed by atoms with E-state index < -0.39 is 0 Å². The molecule has 0 aromatic heterocycles. The van der Waals surface area contributed by atoms with Crippen LogP contribution in [0.2, 0.25) is 0 Å². The highest BCUT2D eigenvalue weighted by Crippen LogP contribution is 2.26. The van der Waals surface area contributed by atoms with Crippen molar-refractivity contribution in [1.29, 1.82) is 0 Å². The minimum atomic E-state index is 0.139. The number of nitrogens with zero attached hydrogens (tertiary/aromatic N) is 1. The van der Waals surface area contributed by atoms with Crippen LogP contribution in [-0.4, -0.2) is 43.3 Å². The molecule has 1 N–H and O–H groups in total. The number of nitrogens with one attached hydrogen (secondary N) is 1. The maximum absolute atomic E-state index is 5.63. The van der Waals surface area contributed by atoms with Crippen LogP contribution in [-0.2, 0) is 4.74 Å². The largest absolute Gasteiger partial charge is 0.378 e. The number of rotatable bonds is 6. The van der Waals surface area contributed by atoms with Crippen LogP contribution in [0.25, 0.3) is 0 Å². The third-order valence-corrected chi connectivity index (χ3v) is 4.48. The van der Waals surface area contributed by atoms with E-state index in [-0.39, 0.29) is 5.54 Å². The molecule has 2 rings (SSSR count). The van der Waals surface area contributed by atoms with Crippen molar-refractivity contribution in [1.82, 2.24) is 10.2 Å². The van der Waals surface area contributed by atoms with Gasteiger partial charge in [0.2, 0.25) is 0 Å². The normalized spacial score (nSPS) is 21.9. The summed E-state index contributed by atoms with van der Waals surface area (Å²) in [7, 11) is 0. The molecule has 21 heavy (non-hydrogen) atoms. The lowest BCUT2D eigenvalue weighted by Crippen LogP contribution is -2.54. The number of hydrogen-bond acceptors (Lipinski definition) is 3.